The van der Waals surface area contributed by atoms with Gasteiger partial charge in [0, 0.05) is 0 Å². The van der Waals surface area contributed by atoms with Crippen LogP contribution < -0.4 is 10.4 Å². The van der Waals surface area contributed by atoms with Gasteiger partial charge in [0.1, 0.15) is 0 Å². The maximum Gasteiger partial charge on any atom is 0.225 e. The Morgan fingerprint density at radius 2 is 2.31 bits per heavy atom. The summed E-state index contributed by atoms with van der Waals surface area (Å²) in [5.74, 6) is 0. The minimum atomic E-state index is 0.350. The van der Waals surface area contributed by atoms with Crippen LogP contribution in [0.15, 0.2) is 24.3 Å². The number of nitrogens with zero attached hydrogens (tertiary/aromatic N) is 1. The molecule has 1 heterocycles. The van der Waals surface area contributed by atoms with Crippen molar-refractivity contribution >= 4 is 12.1 Å². The molecule has 1 atom stereocenters. The molecule has 0 saturated heterocycles. The Morgan fingerprint density at radius 1 is 1.54 bits per heavy atom. The lowest BCUT2D eigenvalue weighted by Crippen LogP contribution is -2.41. The second-order valence-corrected chi connectivity index (χ2v) is 3.30. The molecule has 0 bridgehead atoms. The van der Waals surface area contributed by atoms with Crippen molar-refractivity contribution in [2.45, 2.75) is 19.4 Å². The van der Waals surface area contributed by atoms with E-state index in [-0.39, 0.29) is 0 Å². The third-order valence-electron chi connectivity index (χ3n) is 2.40. The van der Waals surface area contributed by atoms with Crippen molar-refractivity contribution in [2.75, 3.05) is 5.01 Å². The number of carbonyl (C=O) groups is 1. The molecule has 0 radical (unpaired) electrons. The average Bonchev–Trinajstić information content (AvgIpc) is 2.44. The number of hydrogen-bond acceptors (Lipinski definition) is 2. The van der Waals surface area contributed by atoms with Gasteiger partial charge in [-0.15, -0.1) is 0 Å². The lowest BCUT2D eigenvalue weighted by atomic mass is 10.1. The maximum absolute atomic E-state index is 10.4. The van der Waals surface area contributed by atoms with Gasteiger partial charge in [-0.2, -0.15) is 0 Å². The zero-order valence-corrected chi connectivity index (χ0v) is 7.53. The van der Waals surface area contributed by atoms with E-state index >= 15 is 0 Å². The summed E-state index contributed by atoms with van der Waals surface area (Å²) >= 11 is 0. The number of anilines is 1. The first-order valence-electron chi connectivity index (χ1n) is 4.40. The maximum atomic E-state index is 10.4. The molecule has 1 aromatic carbocycles. The van der Waals surface area contributed by atoms with Crippen LogP contribution in [0.3, 0.4) is 0 Å². The van der Waals surface area contributed by atoms with Crippen molar-refractivity contribution in [2.24, 2.45) is 0 Å². The van der Waals surface area contributed by atoms with E-state index in [9.17, 15) is 4.79 Å². The highest BCUT2D eigenvalue weighted by Crippen LogP contribution is 2.29. The third kappa shape index (κ3) is 1.26. The van der Waals surface area contributed by atoms with E-state index in [1.165, 1.54) is 5.56 Å². The van der Waals surface area contributed by atoms with Crippen molar-refractivity contribution in [3.63, 3.8) is 0 Å². The Balaban J connectivity index is 2.34. The highest BCUT2D eigenvalue weighted by atomic mass is 16.1. The van der Waals surface area contributed by atoms with E-state index in [1.807, 2.05) is 23.2 Å². The van der Waals surface area contributed by atoms with Gasteiger partial charge in [-0.1, -0.05) is 18.2 Å². The smallest absolute Gasteiger partial charge is 0.225 e. The Morgan fingerprint density at radius 3 is 3.08 bits per heavy atom. The fourth-order valence-electron chi connectivity index (χ4n) is 1.82. The fourth-order valence-corrected chi connectivity index (χ4v) is 1.82. The second kappa shape index (κ2) is 3.09. The van der Waals surface area contributed by atoms with Gasteiger partial charge in [0.05, 0.1) is 11.7 Å². The van der Waals surface area contributed by atoms with E-state index in [1.54, 1.807) is 0 Å². The van der Waals surface area contributed by atoms with Crippen LogP contribution in [0.4, 0.5) is 5.69 Å². The highest BCUT2D eigenvalue weighted by Gasteiger charge is 2.24. The van der Waals surface area contributed by atoms with Gasteiger partial charge in [0.15, 0.2) is 0 Å². The van der Waals surface area contributed by atoms with Gasteiger partial charge >= 0.3 is 0 Å². The molecule has 0 aliphatic carbocycles. The van der Waals surface area contributed by atoms with Crippen LogP contribution in [0.1, 0.15) is 12.5 Å². The van der Waals surface area contributed by atoms with Crippen molar-refractivity contribution in [3.05, 3.63) is 29.8 Å². The summed E-state index contributed by atoms with van der Waals surface area (Å²) in [4.78, 5) is 10.4. The molecule has 1 aromatic rings. The van der Waals surface area contributed by atoms with Crippen LogP contribution in [0.5, 0.6) is 0 Å². The summed E-state index contributed by atoms with van der Waals surface area (Å²) in [5, 5.41) is 1.91. The van der Waals surface area contributed by atoms with Crippen molar-refractivity contribution in [1.82, 2.24) is 5.43 Å². The summed E-state index contributed by atoms with van der Waals surface area (Å²) < 4.78 is 0. The number of rotatable bonds is 2. The normalized spacial score (nSPS) is 19.8. The fraction of sp³-hybridized carbons (Fsp3) is 0.300. The van der Waals surface area contributed by atoms with Crippen molar-refractivity contribution in [1.29, 1.82) is 0 Å². The standard InChI is InChI=1S/C10H12N2O/c1-8-6-9-4-2-3-5-10(9)12(8)11-7-13/h2-5,7-8H,6H2,1H3,(H,11,13). The predicted molar refractivity (Wildman–Crippen MR) is 51.3 cm³/mol. The Kier molecular flexibility index (Phi) is 1.93. The van der Waals surface area contributed by atoms with Crippen molar-refractivity contribution in [3.8, 4) is 0 Å². The van der Waals surface area contributed by atoms with Crippen LogP contribution in [-0.2, 0) is 11.2 Å². The summed E-state index contributed by atoms with van der Waals surface area (Å²) in [6.07, 6.45) is 1.72. The van der Waals surface area contributed by atoms with Crippen LogP contribution in [-0.4, -0.2) is 12.5 Å². The van der Waals surface area contributed by atoms with Crippen molar-refractivity contribution < 1.29 is 4.79 Å². The second-order valence-electron chi connectivity index (χ2n) is 3.30. The van der Waals surface area contributed by atoms with E-state index in [4.69, 9.17) is 0 Å². The molecule has 1 amide bonds. The largest absolute Gasteiger partial charge is 0.282 e. The lowest BCUT2D eigenvalue weighted by molar-refractivity contribution is -0.109. The molecular formula is C10H12N2O. The SMILES string of the molecule is CC1Cc2ccccc2N1NC=O. The number of para-hydroxylation sites is 1. The molecule has 0 saturated carbocycles. The van der Waals surface area contributed by atoms with Gasteiger partial charge < -0.3 is 0 Å². The number of carbonyl (C=O) groups excluding carboxylic acids is 1. The molecule has 0 spiro atoms. The van der Waals surface area contributed by atoms with Crippen LogP contribution in [0.2, 0.25) is 0 Å². The molecule has 68 valence electrons. The van der Waals surface area contributed by atoms with Gasteiger partial charge in [0.2, 0.25) is 6.41 Å². The van der Waals surface area contributed by atoms with E-state index in [0.717, 1.165) is 18.5 Å². The Bertz CT molecular complexity index is 324. The third-order valence-corrected chi connectivity index (χ3v) is 2.40. The Hall–Kier alpha value is -1.51. The first kappa shape index (κ1) is 8.10. The van der Waals surface area contributed by atoms with Crippen LogP contribution in [0.25, 0.3) is 0 Å². The van der Waals surface area contributed by atoms with Crippen LogP contribution in [0, 0.1) is 0 Å². The zero-order valence-electron chi connectivity index (χ0n) is 7.53. The molecule has 13 heavy (non-hydrogen) atoms. The monoisotopic (exact) mass is 176 g/mol. The Labute approximate surface area is 77.3 Å². The van der Waals surface area contributed by atoms with E-state index in [2.05, 4.69) is 18.4 Å². The lowest BCUT2D eigenvalue weighted by Gasteiger charge is -2.22. The summed E-state index contributed by atoms with van der Waals surface area (Å²) in [7, 11) is 0. The van der Waals surface area contributed by atoms with Gasteiger partial charge in [-0.3, -0.25) is 15.2 Å². The van der Waals surface area contributed by atoms with Gasteiger partial charge in [-0.05, 0) is 25.0 Å². The first-order chi connectivity index (χ1) is 6.33. The minimum Gasteiger partial charge on any atom is -0.282 e. The molecule has 1 aliphatic rings. The molecule has 1 N–H and O–H groups in total. The molecular weight excluding hydrogens is 164 g/mol. The number of benzene rings is 1. The van der Waals surface area contributed by atoms with E-state index < -0.39 is 0 Å². The number of nitrogens with one attached hydrogen (secondary N) is 1. The molecule has 3 heteroatoms. The molecule has 1 unspecified atom stereocenters. The zero-order chi connectivity index (χ0) is 9.26. The summed E-state index contributed by atoms with van der Waals surface area (Å²) in [6.45, 7) is 2.09. The predicted octanol–water partition coefficient (Wildman–Crippen LogP) is 1.10. The summed E-state index contributed by atoms with van der Waals surface area (Å²) in [6, 6.07) is 8.47. The molecule has 0 aromatic heterocycles. The minimum absolute atomic E-state index is 0.350. The molecule has 3 nitrogen and oxygen atoms in total. The van der Waals surface area contributed by atoms with Gasteiger partial charge in [-0.25, -0.2) is 0 Å². The topological polar surface area (TPSA) is 32.3 Å². The first-order valence-corrected chi connectivity index (χ1v) is 4.40. The van der Waals surface area contributed by atoms with E-state index in [0.29, 0.717) is 6.04 Å². The number of amides is 1. The molecule has 0 fully saturated rings. The molecule has 2 rings (SSSR count). The number of fused-ring (bicyclic) bond motifs is 1. The highest BCUT2D eigenvalue weighted by molar-refractivity contribution is 5.62. The number of hydrazine groups is 1. The number of hydrogen-bond donors (Lipinski definition) is 1. The quantitative estimate of drug-likeness (QED) is 0.684. The van der Waals surface area contributed by atoms with Gasteiger partial charge in [0.25, 0.3) is 0 Å². The summed E-state index contributed by atoms with van der Waals surface area (Å²) in [5.41, 5.74) is 5.11. The average molecular weight is 176 g/mol. The molecule has 1 aliphatic heterocycles. The van der Waals surface area contributed by atoms with Crippen LogP contribution >= 0.6 is 0 Å².